The molecule has 1 aliphatic heterocycles. The van der Waals surface area contributed by atoms with Crippen LogP contribution >= 0.6 is 0 Å². The van der Waals surface area contributed by atoms with E-state index in [1.807, 2.05) is 4.90 Å². The topological polar surface area (TPSA) is 27.0 Å². The van der Waals surface area contributed by atoms with Crippen LogP contribution in [0, 0.1) is 23.3 Å². The van der Waals surface area contributed by atoms with Crippen LogP contribution in [0.1, 0.15) is 19.3 Å². The highest BCUT2D eigenvalue weighted by Crippen LogP contribution is 2.37. The molecule has 1 saturated heterocycles. The van der Waals surface area contributed by atoms with E-state index in [9.17, 15) is 0 Å². The lowest BCUT2D eigenvalue weighted by atomic mass is 10.0. The summed E-state index contributed by atoms with van der Waals surface area (Å²) in [5.41, 5.74) is 0. The smallest absolute Gasteiger partial charge is 0.179 e. The summed E-state index contributed by atoms with van der Waals surface area (Å²) < 4.78 is 0. The Morgan fingerprint density at radius 2 is 1.80 bits per heavy atom. The Morgan fingerprint density at radius 1 is 1.20 bits per heavy atom. The predicted octanol–water partition coefficient (Wildman–Crippen LogP) is 1.20. The molecular weight excluding hydrogens is 124 g/mol. The predicted molar refractivity (Wildman–Crippen MR) is 38.0 cm³/mol. The Hall–Kier alpha value is -0.710. The van der Waals surface area contributed by atoms with Crippen molar-refractivity contribution in [3.05, 3.63) is 0 Å². The Bertz CT molecular complexity index is 159. The molecule has 0 bridgehead atoms. The van der Waals surface area contributed by atoms with Gasteiger partial charge in [-0.3, -0.25) is 0 Å². The molecule has 1 heterocycles. The Morgan fingerprint density at radius 3 is 2.30 bits per heavy atom. The summed E-state index contributed by atoms with van der Waals surface area (Å²) in [7, 11) is 0. The second-order valence-corrected chi connectivity index (χ2v) is 3.46. The number of hydrogen-bond donors (Lipinski definition) is 0. The van der Waals surface area contributed by atoms with Gasteiger partial charge in [0.05, 0.1) is 0 Å². The maximum Gasteiger partial charge on any atom is 0.179 e. The van der Waals surface area contributed by atoms with Crippen molar-refractivity contribution in [3.63, 3.8) is 0 Å². The zero-order valence-electron chi connectivity index (χ0n) is 6.08. The molecular formula is C8H12N2. The van der Waals surface area contributed by atoms with Crippen molar-refractivity contribution >= 4 is 0 Å². The van der Waals surface area contributed by atoms with Crippen molar-refractivity contribution < 1.29 is 0 Å². The highest BCUT2D eigenvalue weighted by molar-refractivity contribution is 4.93. The largest absolute Gasteiger partial charge is 0.310 e. The van der Waals surface area contributed by atoms with E-state index in [1.165, 1.54) is 19.3 Å². The molecule has 2 rings (SSSR count). The van der Waals surface area contributed by atoms with Gasteiger partial charge >= 0.3 is 0 Å². The molecule has 0 radical (unpaired) electrons. The molecule has 10 heavy (non-hydrogen) atoms. The summed E-state index contributed by atoms with van der Waals surface area (Å²) in [4.78, 5) is 1.91. The molecule has 2 atom stereocenters. The second kappa shape index (κ2) is 2.16. The first-order chi connectivity index (χ1) is 4.90. The third-order valence-electron chi connectivity index (χ3n) is 2.87. The van der Waals surface area contributed by atoms with Gasteiger partial charge in [0.1, 0.15) is 0 Å². The van der Waals surface area contributed by atoms with E-state index in [-0.39, 0.29) is 0 Å². The van der Waals surface area contributed by atoms with Crippen LogP contribution in [-0.2, 0) is 0 Å². The molecule has 0 amide bonds. The lowest BCUT2D eigenvalue weighted by Crippen LogP contribution is -2.14. The number of nitrogens with zero attached hydrogens (tertiary/aromatic N) is 2. The van der Waals surface area contributed by atoms with Crippen molar-refractivity contribution in [3.8, 4) is 6.19 Å². The van der Waals surface area contributed by atoms with Crippen LogP contribution in [-0.4, -0.2) is 18.0 Å². The first kappa shape index (κ1) is 6.03. The van der Waals surface area contributed by atoms with Crippen LogP contribution in [0.15, 0.2) is 0 Å². The molecule has 1 aliphatic carbocycles. The summed E-state index contributed by atoms with van der Waals surface area (Å²) in [5, 5.41) is 8.60. The summed E-state index contributed by atoms with van der Waals surface area (Å²) in [6.45, 7) is 2.09. The number of fused-ring (bicyclic) bond motifs is 1. The fraction of sp³-hybridized carbons (Fsp3) is 0.875. The van der Waals surface area contributed by atoms with Gasteiger partial charge in [0.25, 0.3) is 0 Å². The quantitative estimate of drug-likeness (QED) is 0.468. The molecule has 2 aliphatic rings. The summed E-state index contributed by atoms with van der Waals surface area (Å²) in [6.07, 6.45) is 6.35. The average molecular weight is 136 g/mol. The van der Waals surface area contributed by atoms with Gasteiger partial charge in [-0.05, 0) is 24.7 Å². The van der Waals surface area contributed by atoms with E-state index in [1.54, 1.807) is 0 Å². The van der Waals surface area contributed by atoms with Gasteiger partial charge in [-0.1, -0.05) is 6.42 Å². The Kier molecular flexibility index (Phi) is 1.30. The van der Waals surface area contributed by atoms with E-state index in [4.69, 9.17) is 5.26 Å². The Balaban J connectivity index is 2.01. The van der Waals surface area contributed by atoms with Crippen LogP contribution in [0.5, 0.6) is 0 Å². The first-order valence-corrected chi connectivity index (χ1v) is 4.05. The second-order valence-electron chi connectivity index (χ2n) is 3.46. The normalized spacial score (nSPS) is 37.7. The lowest BCUT2D eigenvalue weighted by molar-refractivity contribution is 0.438. The van der Waals surface area contributed by atoms with Crippen LogP contribution in [0.2, 0.25) is 0 Å². The van der Waals surface area contributed by atoms with Gasteiger partial charge < -0.3 is 4.90 Å². The van der Waals surface area contributed by atoms with E-state index in [2.05, 4.69) is 6.19 Å². The molecule has 2 heteroatoms. The summed E-state index contributed by atoms with van der Waals surface area (Å²) >= 11 is 0. The standard InChI is InChI=1S/C8H12N2/c9-6-10-4-7-2-1-3-8(7)5-10/h7-8H,1-5H2. The van der Waals surface area contributed by atoms with Crippen LogP contribution in [0.3, 0.4) is 0 Å². The number of likely N-dealkylation sites (tertiary alicyclic amines) is 1. The van der Waals surface area contributed by atoms with Crippen molar-refractivity contribution in [1.29, 1.82) is 5.26 Å². The third kappa shape index (κ3) is 0.775. The minimum atomic E-state index is 0.861. The monoisotopic (exact) mass is 136 g/mol. The molecule has 0 aromatic carbocycles. The molecule has 0 aromatic heterocycles. The minimum absolute atomic E-state index is 0.861. The fourth-order valence-corrected chi connectivity index (χ4v) is 2.32. The van der Waals surface area contributed by atoms with Gasteiger partial charge in [0.15, 0.2) is 6.19 Å². The van der Waals surface area contributed by atoms with Crippen molar-refractivity contribution in [2.45, 2.75) is 19.3 Å². The maximum atomic E-state index is 8.60. The molecule has 2 unspecified atom stereocenters. The highest BCUT2D eigenvalue weighted by atomic mass is 15.1. The molecule has 0 aromatic rings. The van der Waals surface area contributed by atoms with Crippen LogP contribution < -0.4 is 0 Å². The number of hydrogen-bond acceptors (Lipinski definition) is 2. The van der Waals surface area contributed by atoms with Gasteiger partial charge in [-0.15, -0.1) is 0 Å². The van der Waals surface area contributed by atoms with E-state index >= 15 is 0 Å². The fourth-order valence-electron chi connectivity index (χ4n) is 2.32. The molecule has 1 saturated carbocycles. The van der Waals surface area contributed by atoms with Crippen molar-refractivity contribution in [2.75, 3.05) is 13.1 Å². The van der Waals surface area contributed by atoms with Crippen molar-refractivity contribution in [2.24, 2.45) is 11.8 Å². The highest BCUT2D eigenvalue weighted by Gasteiger charge is 2.35. The Labute approximate surface area is 61.4 Å². The lowest BCUT2D eigenvalue weighted by Gasteiger charge is -2.05. The molecule has 0 spiro atoms. The van der Waals surface area contributed by atoms with Crippen LogP contribution in [0.4, 0.5) is 0 Å². The number of rotatable bonds is 0. The summed E-state index contributed by atoms with van der Waals surface area (Å²) in [5.74, 6) is 1.72. The molecule has 2 fully saturated rings. The molecule has 54 valence electrons. The zero-order valence-corrected chi connectivity index (χ0v) is 6.08. The molecule has 0 N–H and O–H groups in total. The maximum absolute atomic E-state index is 8.60. The van der Waals surface area contributed by atoms with E-state index in [0.29, 0.717) is 0 Å². The third-order valence-corrected chi connectivity index (χ3v) is 2.87. The zero-order chi connectivity index (χ0) is 6.97. The average Bonchev–Trinajstić information content (AvgIpc) is 2.42. The van der Waals surface area contributed by atoms with E-state index < -0.39 is 0 Å². The molecule has 2 nitrogen and oxygen atoms in total. The SMILES string of the molecule is N#CN1CC2CCCC2C1. The van der Waals surface area contributed by atoms with Crippen molar-refractivity contribution in [1.82, 2.24) is 4.90 Å². The first-order valence-electron chi connectivity index (χ1n) is 4.05. The number of nitriles is 1. The van der Waals surface area contributed by atoms with Gasteiger partial charge in [0, 0.05) is 13.1 Å². The van der Waals surface area contributed by atoms with Gasteiger partial charge in [-0.2, -0.15) is 5.26 Å². The summed E-state index contributed by atoms with van der Waals surface area (Å²) in [6, 6.07) is 0. The van der Waals surface area contributed by atoms with E-state index in [0.717, 1.165) is 24.9 Å². The van der Waals surface area contributed by atoms with Crippen LogP contribution in [0.25, 0.3) is 0 Å². The van der Waals surface area contributed by atoms with Gasteiger partial charge in [-0.25, -0.2) is 0 Å². The minimum Gasteiger partial charge on any atom is -0.310 e. The van der Waals surface area contributed by atoms with Gasteiger partial charge in [0.2, 0.25) is 0 Å².